The number of nitrogens with two attached hydrogens (primary N) is 1. The minimum absolute atomic E-state index is 0.0816. The van der Waals surface area contributed by atoms with Crippen LogP contribution in [0.5, 0.6) is 0 Å². The van der Waals surface area contributed by atoms with Gasteiger partial charge in [-0.15, -0.1) is 0 Å². The molecule has 2 aliphatic rings. The molecule has 3 heterocycles. The molecule has 8 heteroatoms. The summed E-state index contributed by atoms with van der Waals surface area (Å²) in [5.41, 5.74) is 8.08. The maximum Gasteiger partial charge on any atom is 0.255 e. The first kappa shape index (κ1) is 17.5. The molecule has 0 radical (unpaired) electrons. The van der Waals surface area contributed by atoms with E-state index in [0.717, 1.165) is 24.4 Å². The number of nitrogens with zero attached hydrogens (tertiary/aromatic N) is 2. The zero-order valence-electron chi connectivity index (χ0n) is 15.1. The Morgan fingerprint density at radius 3 is 2.93 bits per heavy atom. The number of anilines is 1. The Bertz CT molecular complexity index is 1210. The molecule has 0 unspecified atom stereocenters. The van der Waals surface area contributed by atoms with Gasteiger partial charge in [0.2, 0.25) is 0 Å². The molecule has 1 aliphatic heterocycles. The van der Waals surface area contributed by atoms with E-state index >= 15 is 0 Å². The molecule has 0 spiro atoms. The molecule has 3 N–H and O–H groups in total. The first-order chi connectivity index (χ1) is 13.5. The maximum absolute atomic E-state index is 12.9. The van der Waals surface area contributed by atoms with Gasteiger partial charge in [-0.25, -0.2) is 4.98 Å². The van der Waals surface area contributed by atoms with Crippen LogP contribution in [0.25, 0.3) is 11.0 Å². The minimum atomic E-state index is -0.192. The van der Waals surface area contributed by atoms with Gasteiger partial charge >= 0.3 is 0 Å². The smallest absolute Gasteiger partial charge is 0.255 e. The van der Waals surface area contributed by atoms with Crippen LogP contribution in [0.15, 0.2) is 32.2 Å². The van der Waals surface area contributed by atoms with Crippen molar-refractivity contribution in [3.8, 4) is 0 Å². The standard InChI is InChI=1S/C20H19ClN4O3/c21-11-3-4-16-12(7-11)17(26)14(18(22)28-16)9-25-6-5-15-13(8-25)20(27)24-19(23-15)10-1-2-10/h3-4,7,10H,1-2,5-6,8-9,22H2,(H,23,24,27). The van der Waals surface area contributed by atoms with Crippen LogP contribution in [0.1, 0.15) is 41.4 Å². The van der Waals surface area contributed by atoms with Crippen molar-refractivity contribution in [1.82, 2.24) is 14.9 Å². The minimum Gasteiger partial charge on any atom is -0.440 e. The van der Waals surface area contributed by atoms with Crippen molar-refractivity contribution in [2.45, 2.75) is 38.3 Å². The van der Waals surface area contributed by atoms with E-state index in [1.807, 2.05) is 4.90 Å². The fourth-order valence-corrected chi connectivity index (χ4v) is 3.95. The predicted octanol–water partition coefficient (Wildman–Crippen LogP) is 2.55. The SMILES string of the molecule is Nc1oc2ccc(Cl)cc2c(=O)c1CN1CCc2nc(C3CC3)[nH]c(=O)c2C1. The highest BCUT2D eigenvalue weighted by molar-refractivity contribution is 6.31. The number of fused-ring (bicyclic) bond motifs is 2. The molecule has 0 amide bonds. The number of nitrogen functional groups attached to an aromatic ring is 1. The molecule has 7 nitrogen and oxygen atoms in total. The molecule has 1 saturated carbocycles. The molecule has 0 atom stereocenters. The van der Waals surface area contributed by atoms with Gasteiger partial charge in [-0.2, -0.15) is 0 Å². The van der Waals surface area contributed by atoms with E-state index < -0.39 is 0 Å². The summed E-state index contributed by atoms with van der Waals surface area (Å²) in [7, 11) is 0. The second-order valence-corrected chi connectivity index (χ2v) is 7.96. The van der Waals surface area contributed by atoms with Crippen molar-refractivity contribution >= 4 is 28.5 Å². The average Bonchev–Trinajstić information content (AvgIpc) is 3.51. The molecule has 28 heavy (non-hydrogen) atoms. The Morgan fingerprint density at radius 2 is 2.14 bits per heavy atom. The number of aromatic amines is 1. The van der Waals surface area contributed by atoms with Crippen LogP contribution in [-0.2, 0) is 19.5 Å². The van der Waals surface area contributed by atoms with Crippen molar-refractivity contribution in [1.29, 1.82) is 0 Å². The van der Waals surface area contributed by atoms with Crippen LogP contribution in [0.2, 0.25) is 5.02 Å². The van der Waals surface area contributed by atoms with Crippen LogP contribution < -0.4 is 16.7 Å². The van der Waals surface area contributed by atoms with Crippen molar-refractivity contribution in [2.24, 2.45) is 0 Å². The normalized spacial score (nSPS) is 17.0. The van der Waals surface area contributed by atoms with E-state index in [1.165, 1.54) is 0 Å². The zero-order chi connectivity index (χ0) is 19.4. The summed E-state index contributed by atoms with van der Waals surface area (Å²) in [6.45, 7) is 1.43. The van der Waals surface area contributed by atoms with Crippen molar-refractivity contribution in [3.05, 3.63) is 66.4 Å². The van der Waals surface area contributed by atoms with Gasteiger partial charge in [-0.3, -0.25) is 14.5 Å². The molecule has 5 rings (SSSR count). The summed E-state index contributed by atoms with van der Waals surface area (Å²) in [5, 5.41) is 0.870. The third-order valence-corrected chi connectivity index (χ3v) is 5.72. The third kappa shape index (κ3) is 3.00. The van der Waals surface area contributed by atoms with Crippen LogP contribution in [0.4, 0.5) is 5.88 Å². The first-order valence-electron chi connectivity index (χ1n) is 9.34. The molecule has 0 bridgehead atoms. The number of halogens is 1. The Morgan fingerprint density at radius 1 is 1.32 bits per heavy atom. The van der Waals surface area contributed by atoms with Gasteiger partial charge in [0.05, 0.1) is 22.2 Å². The molecule has 1 aromatic carbocycles. The highest BCUT2D eigenvalue weighted by Crippen LogP contribution is 2.37. The number of hydrogen-bond donors (Lipinski definition) is 2. The lowest BCUT2D eigenvalue weighted by molar-refractivity contribution is 0.240. The second kappa shape index (κ2) is 6.46. The largest absolute Gasteiger partial charge is 0.440 e. The highest BCUT2D eigenvalue weighted by Gasteiger charge is 2.29. The summed E-state index contributed by atoms with van der Waals surface area (Å²) in [6.07, 6.45) is 2.85. The Kier molecular flexibility index (Phi) is 4.03. The van der Waals surface area contributed by atoms with Crippen molar-refractivity contribution in [3.63, 3.8) is 0 Å². The molecule has 3 aromatic rings. The van der Waals surface area contributed by atoms with E-state index in [1.54, 1.807) is 18.2 Å². The van der Waals surface area contributed by atoms with Crippen LogP contribution in [-0.4, -0.2) is 21.4 Å². The summed E-state index contributed by atoms with van der Waals surface area (Å²) in [6, 6.07) is 4.88. The Hall–Kier alpha value is -2.64. The second-order valence-electron chi connectivity index (χ2n) is 7.53. The van der Waals surface area contributed by atoms with Crippen molar-refractivity contribution in [2.75, 3.05) is 12.3 Å². The fourth-order valence-electron chi connectivity index (χ4n) is 3.78. The molecule has 1 fully saturated rings. The maximum atomic E-state index is 12.9. The van der Waals surface area contributed by atoms with Gasteiger partial charge < -0.3 is 15.1 Å². The Balaban J connectivity index is 1.46. The number of aromatic nitrogens is 2. The topological polar surface area (TPSA) is 105 Å². The monoisotopic (exact) mass is 398 g/mol. The Labute approximate surface area is 165 Å². The van der Waals surface area contributed by atoms with Crippen LogP contribution in [0.3, 0.4) is 0 Å². The summed E-state index contributed by atoms with van der Waals surface area (Å²) in [5.74, 6) is 1.32. The van der Waals surface area contributed by atoms with E-state index in [-0.39, 0.29) is 16.9 Å². The van der Waals surface area contributed by atoms with Crippen LogP contribution >= 0.6 is 11.6 Å². The van der Waals surface area contributed by atoms with Gasteiger partial charge in [-0.1, -0.05) is 11.6 Å². The van der Waals surface area contributed by atoms with Crippen LogP contribution in [0, 0.1) is 0 Å². The number of rotatable bonds is 3. The number of H-pyrrole nitrogens is 1. The molecular weight excluding hydrogens is 380 g/mol. The average molecular weight is 399 g/mol. The van der Waals surface area contributed by atoms with E-state index in [4.69, 9.17) is 21.8 Å². The van der Waals surface area contributed by atoms with E-state index in [0.29, 0.717) is 59.1 Å². The van der Waals surface area contributed by atoms with Gasteiger partial charge in [0.15, 0.2) is 11.3 Å². The van der Waals surface area contributed by atoms with E-state index in [9.17, 15) is 9.59 Å². The van der Waals surface area contributed by atoms with Gasteiger partial charge in [-0.05, 0) is 31.0 Å². The lowest BCUT2D eigenvalue weighted by Crippen LogP contribution is -2.37. The molecule has 0 saturated heterocycles. The first-order valence-corrected chi connectivity index (χ1v) is 9.72. The lowest BCUT2D eigenvalue weighted by Gasteiger charge is -2.27. The molecule has 1 aliphatic carbocycles. The fraction of sp³-hybridized carbons (Fsp3) is 0.350. The summed E-state index contributed by atoms with van der Waals surface area (Å²) in [4.78, 5) is 35.0. The van der Waals surface area contributed by atoms with E-state index in [2.05, 4.69) is 9.97 Å². The molecule has 144 valence electrons. The van der Waals surface area contributed by atoms with Gasteiger partial charge in [0.25, 0.3) is 5.56 Å². The summed E-state index contributed by atoms with van der Waals surface area (Å²) >= 11 is 6.02. The highest BCUT2D eigenvalue weighted by atomic mass is 35.5. The van der Waals surface area contributed by atoms with Crippen molar-refractivity contribution < 1.29 is 4.42 Å². The predicted molar refractivity (Wildman–Crippen MR) is 107 cm³/mol. The lowest BCUT2D eigenvalue weighted by atomic mass is 10.1. The quantitative estimate of drug-likeness (QED) is 0.702. The zero-order valence-corrected chi connectivity index (χ0v) is 15.9. The van der Waals surface area contributed by atoms with Gasteiger partial charge in [0, 0.05) is 37.0 Å². The number of nitrogens with one attached hydrogen (secondary N) is 1. The number of benzene rings is 1. The third-order valence-electron chi connectivity index (χ3n) is 5.49. The number of hydrogen-bond acceptors (Lipinski definition) is 6. The molecule has 2 aromatic heterocycles. The summed E-state index contributed by atoms with van der Waals surface area (Å²) < 4.78 is 5.62. The van der Waals surface area contributed by atoms with Gasteiger partial charge in [0.1, 0.15) is 11.4 Å². The molecular formula is C20H19ClN4O3.